The van der Waals surface area contributed by atoms with Crippen LogP contribution in [0, 0.1) is 5.41 Å². The molecule has 0 aliphatic heterocycles. The van der Waals surface area contributed by atoms with Crippen molar-refractivity contribution in [3.8, 4) is 0 Å². The van der Waals surface area contributed by atoms with Crippen LogP contribution in [0.4, 0.5) is 0 Å². The SMILES string of the molecule is C=CC(C)(C)CBr. The van der Waals surface area contributed by atoms with Crippen LogP contribution in [0.5, 0.6) is 0 Å². The highest BCUT2D eigenvalue weighted by Crippen LogP contribution is 2.17. The molecule has 7 heavy (non-hydrogen) atoms. The minimum atomic E-state index is 0.264. The van der Waals surface area contributed by atoms with Gasteiger partial charge in [-0.3, -0.25) is 0 Å². The second-order valence-electron chi connectivity index (χ2n) is 2.33. The summed E-state index contributed by atoms with van der Waals surface area (Å²) in [5, 5.41) is 0.990. The Labute approximate surface area is 53.7 Å². The van der Waals surface area contributed by atoms with Crippen molar-refractivity contribution < 1.29 is 0 Å². The van der Waals surface area contributed by atoms with Crippen LogP contribution < -0.4 is 0 Å². The second kappa shape index (κ2) is 2.51. The van der Waals surface area contributed by atoms with Gasteiger partial charge in [-0.2, -0.15) is 0 Å². The van der Waals surface area contributed by atoms with Gasteiger partial charge in [-0.25, -0.2) is 0 Å². The lowest BCUT2D eigenvalue weighted by molar-refractivity contribution is 0.562. The standard InChI is InChI=1S/C6H11Br/c1-4-6(2,3)5-7/h4H,1,5H2,2-3H3. The van der Waals surface area contributed by atoms with Gasteiger partial charge in [-0.05, 0) is 5.41 Å². The molecule has 0 heterocycles. The molecule has 0 aromatic rings. The van der Waals surface area contributed by atoms with Gasteiger partial charge >= 0.3 is 0 Å². The average Bonchev–Trinajstić information content (AvgIpc) is 1.68. The van der Waals surface area contributed by atoms with E-state index in [1.807, 2.05) is 6.08 Å². The first-order chi connectivity index (χ1) is 3.12. The van der Waals surface area contributed by atoms with E-state index in [1.54, 1.807) is 0 Å². The largest absolute Gasteiger partial charge is 0.103 e. The van der Waals surface area contributed by atoms with Crippen LogP contribution in [0.25, 0.3) is 0 Å². The van der Waals surface area contributed by atoms with E-state index in [0.717, 1.165) is 5.33 Å². The maximum absolute atomic E-state index is 3.67. The molecule has 0 rings (SSSR count). The van der Waals surface area contributed by atoms with E-state index in [4.69, 9.17) is 0 Å². The van der Waals surface area contributed by atoms with Gasteiger partial charge in [-0.15, -0.1) is 6.58 Å². The Hall–Kier alpha value is 0.220. The summed E-state index contributed by atoms with van der Waals surface area (Å²) in [7, 11) is 0. The monoisotopic (exact) mass is 162 g/mol. The van der Waals surface area contributed by atoms with Crippen LogP contribution in [0.2, 0.25) is 0 Å². The van der Waals surface area contributed by atoms with Crippen molar-refractivity contribution in [2.75, 3.05) is 5.33 Å². The van der Waals surface area contributed by atoms with Gasteiger partial charge in [-0.1, -0.05) is 35.9 Å². The molecular formula is C6H11Br. The molecule has 0 fully saturated rings. The summed E-state index contributed by atoms with van der Waals surface area (Å²) in [6.45, 7) is 7.94. The number of hydrogen-bond acceptors (Lipinski definition) is 0. The normalized spacial score (nSPS) is 11.3. The summed E-state index contributed by atoms with van der Waals surface area (Å²) in [4.78, 5) is 0. The number of alkyl halides is 1. The number of rotatable bonds is 2. The van der Waals surface area contributed by atoms with Gasteiger partial charge in [0.05, 0.1) is 0 Å². The first kappa shape index (κ1) is 7.22. The molecule has 0 saturated heterocycles. The molecule has 0 aliphatic rings. The molecule has 0 unspecified atom stereocenters. The van der Waals surface area contributed by atoms with Crippen LogP contribution in [-0.4, -0.2) is 5.33 Å². The van der Waals surface area contributed by atoms with Crippen molar-refractivity contribution in [3.63, 3.8) is 0 Å². The van der Waals surface area contributed by atoms with E-state index >= 15 is 0 Å². The molecule has 0 aromatic heterocycles. The fraction of sp³-hybridized carbons (Fsp3) is 0.667. The highest BCUT2D eigenvalue weighted by atomic mass is 79.9. The molecule has 0 spiro atoms. The first-order valence-electron chi connectivity index (χ1n) is 2.32. The van der Waals surface area contributed by atoms with Crippen LogP contribution in [0.15, 0.2) is 12.7 Å². The number of allylic oxidation sites excluding steroid dienone is 1. The van der Waals surface area contributed by atoms with Crippen LogP contribution in [0.3, 0.4) is 0 Å². The maximum atomic E-state index is 3.67. The molecule has 0 aromatic carbocycles. The van der Waals surface area contributed by atoms with Gasteiger partial charge in [0.2, 0.25) is 0 Å². The van der Waals surface area contributed by atoms with Crippen molar-refractivity contribution in [1.82, 2.24) is 0 Å². The maximum Gasteiger partial charge on any atom is 0.0117 e. The fourth-order valence-corrected chi connectivity index (χ4v) is 0.283. The van der Waals surface area contributed by atoms with Crippen LogP contribution in [-0.2, 0) is 0 Å². The van der Waals surface area contributed by atoms with Gasteiger partial charge in [0, 0.05) is 5.33 Å². The smallest absolute Gasteiger partial charge is 0.0117 e. The molecule has 0 aliphatic carbocycles. The molecule has 0 amide bonds. The molecule has 1 heteroatoms. The number of halogens is 1. The van der Waals surface area contributed by atoms with E-state index in [1.165, 1.54) is 0 Å². The first-order valence-corrected chi connectivity index (χ1v) is 3.44. The van der Waals surface area contributed by atoms with E-state index in [2.05, 4.69) is 36.4 Å². The van der Waals surface area contributed by atoms with Gasteiger partial charge in [0.1, 0.15) is 0 Å². The zero-order chi connectivity index (χ0) is 5.91. The Kier molecular flexibility index (Phi) is 2.59. The molecule has 0 N–H and O–H groups in total. The minimum Gasteiger partial charge on any atom is -0.103 e. The lowest BCUT2D eigenvalue weighted by Gasteiger charge is -2.13. The predicted molar refractivity (Wildman–Crippen MR) is 37.8 cm³/mol. The lowest BCUT2D eigenvalue weighted by Crippen LogP contribution is -2.06. The van der Waals surface area contributed by atoms with Gasteiger partial charge < -0.3 is 0 Å². The van der Waals surface area contributed by atoms with Crippen molar-refractivity contribution in [1.29, 1.82) is 0 Å². The molecule has 0 nitrogen and oxygen atoms in total. The Bertz CT molecular complexity index is 64.6. The van der Waals surface area contributed by atoms with E-state index < -0.39 is 0 Å². The summed E-state index contributed by atoms with van der Waals surface area (Å²) in [5.74, 6) is 0. The third-order valence-corrected chi connectivity index (χ3v) is 2.34. The Morgan fingerprint density at radius 2 is 2.14 bits per heavy atom. The third-order valence-electron chi connectivity index (χ3n) is 0.897. The summed E-state index contributed by atoms with van der Waals surface area (Å²) in [6.07, 6.45) is 1.95. The lowest BCUT2D eigenvalue weighted by atomic mass is 9.98. The molecule has 0 atom stereocenters. The summed E-state index contributed by atoms with van der Waals surface area (Å²) >= 11 is 3.36. The zero-order valence-electron chi connectivity index (χ0n) is 4.87. The molecule has 0 bridgehead atoms. The summed E-state index contributed by atoms with van der Waals surface area (Å²) in [6, 6.07) is 0. The van der Waals surface area contributed by atoms with Gasteiger partial charge in [0.15, 0.2) is 0 Å². The molecule has 0 radical (unpaired) electrons. The Balaban J connectivity index is 3.58. The quantitative estimate of drug-likeness (QED) is 0.433. The van der Waals surface area contributed by atoms with E-state index in [0.29, 0.717) is 0 Å². The van der Waals surface area contributed by atoms with Gasteiger partial charge in [0.25, 0.3) is 0 Å². The van der Waals surface area contributed by atoms with Crippen LogP contribution >= 0.6 is 15.9 Å². The third kappa shape index (κ3) is 2.86. The van der Waals surface area contributed by atoms with Crippen molar-refractivity contribution in [3.05, 3.63) is 12.7 Å². The van der Waals surface area contributed by atoms with Crippen molar-refractivity contribution in [2.24, 2.45) is 5.41 Å². The average molecular weight is 163 g/mol. The summed E-state index contributed by atoms with van der Waals surface area (Å²) < 4.78 is 0. The highest BCUT2D eigenvalue weighted by molar-refractivity contribution is 9.09. The molecular weight excluding hydrogens is 152 g/mol. The molecule has 0 saturated carbocycles. The van der Waals surface area contributed by atoms with Crippen LogP contribution in [0.1, 0.15) is 13.8 Å². The molecule has 42 valence electrons. The highest BCUT2D eigenvalue weighted by Gasteiger charge is 2.08. The fourth-order valence-electron chi connectivity index (χ4n) is 0.0546. The zero-order valence-corrected chi connectivity index (χ0v) is 6.46. The van der Waals surface area contributed by atoms with Crippen molar-refractivity contribution >= 4 is 15.9 Å². The van der Waals surface area contributed by atoms with E-state index in [9.17, 15) is 0 Å². The van der Waals surface area contributed by atoms with Crippen molar-refractivity contribution in [2.45, 2.75) is 13.8 Å². The Morgan fingerprint density at radius 1 is 1.71 bits per heavy atom. The summed E-state index contributed by atoms with van der Waals surface area (Å²) in [5.41, 5.74) is 0.264. The second-order valence-corrected chi connectivity index (χ2v) is 2.89. The Morgan fingerprint density at radius 3 is 2.14 bits per heavy atom. The minimum absolute atomic E-state index is 0.264. The van der Waals surface area contributed by atoms with E-state index in [-0.39, 0.29) is 5.41 Å². The predicted octanol–water partition coefficient (Wildman–Crippen LogP) is 2.59. The number of hydrogen-bond donors (Lipinski definition) is 0. The topological polar surface area (TPSA) is 0 Å².